The van der Waals surface area contributed by atoms with Gasteiger partial charge in [0.25, 0.3) is 0 Å². The highest BCUT2D eigenvalue weighted by molar-refractivity contribution is 7.76. The zero-order valence-corrected chi connectivity index (χ0v) is 6.52. The quantitative estimate of drug-likeness (QED) is 0.400. The lowest BCUT2D eigenvalue weighted by Crippen LogP contribution is -2.16. The maximum Gasteiger partial charge on any atom is 0.215 e. The maximum atomic E-state index is 10.5. The summed E-state index contributed by atoms with van der Waals surface area (Å²) in [5.41, 5.74) is 19.3. The van der Waals surface area contributed by atoms with Gasteiger partial charge in [0.1, 0.15) is 5.90 Å². The van der Waals surface area contributed by atoms with Gasteiger partial charge in [-0.05, 0) is 0 Å². The van der Waals surface area contributed by atoms with Crippen molar-refractivity contribution in [3.8, 4) is 0 Å². The summed E-state index contributed by atoms with van der Waals surface area (Å²) in [7, 11) is -6.60. The van der Waals surface area contributed by atoms with Gasteiger partial charge in [-0.15, -0.1) is 0 Å². The lowest BCUT2D eigenvalue weighted by atomic mass is 11.9. The summed E-state index contributed by atoms with van der Waals surface area (Å²) in [6, 6.07) is 0. The SMILES string of the molecule is NP(N)(=O)CP(N)(N)=O. The zero-order valence-electron chi connectivity index (χ0n) is 4.73. The highest BCUT2D eigenvalue weighted by Gasteiger charge is 2.19. The van der Waals surface area contributed by atoms with Crippen molar-refractivity contribution in [3.05, 3.63) is 0 Å². The molecule has 0 fully saturated rings. The molecular formula is CH10N4O2P2. The van der Waals surface area contributed by atoms with Gasteiger partial charge in [0.05, 0.1) is 0 Å². The van der Waals surface area contributed by atoms with Gasteiger partial charge in [-0.2, -0.15) is 0 Å². The molecule has 0 aromatic heterocycles. The predicted molar refractivity (Wildman–Crippen MR) is 36.8 cm³/mol. The molecule has 56 valence electrons. The summed E-state index contributed by atoms with van der Waals surface area (Å²) in [5.74, 6) is -0.486. The monoisotopic (exact) mass is 172 g/mol. The van der Waals surface area contributed by atoms with Crippen molar-refractivity contribution in [2.45, 2.75) is 0 Å². The number of hydrogen-bond acceptors (Lipinski definition) is 2. The first kappa shape index (κ1) is 9.30. The van der Waals surface area contributed by atoms with Crippen molar-refractivity contribution < 1.29 is 9.13 Å². The topological polar surface area (TPSA) is 138 Å². The Morgan fingerprint density at radius 1 is 0.889 bits per heavy atom. The van der Waals surface area contributed by atoms with Crippen LogP contribution in [0.3, 0.4) is 0 Å². The first-order valence-electron chi connectivity index (χ1n) is 2.03. The summed E-state index contributed by atoms with van der Waals surface area (Å²) < 4.78 is 20.9. The van der Waals surface area contributed by atoms with Crippen LogP contribution in [0.4, 0.5) is 0 Å². The van der Waals surface area contributed by atoms with Crippen molar-refractivity contribution >= 4 is 14.9 Å². The van der Waals surface area contributed by atoms with E-state index in [1.807, 2.05) is 0 Å². The Labute approximate surface area is 52.9 Å². The van der Waals surface area contributed by atoms with Crippen LogP contribution in [0.2, 0.25) is 0 Å². The molecule has 0 rings (SSSR count). The van der Waals surface area contributed by atoms with Gasteiger partial charge in [-0.1, -0.05) is 0 Å². The largest absolute Gasteiger partial charge is 0.289 e. The maximum absolute atomic E-state index is 10.5. The molecule has 0 saturated carbocycles. The minimum atomic E-state index is -3.30. The molecule has 0 aliphatic carbocycles. The van der Waals surface area contributed by atoms with Gasteiger partial charge in [-0.3, -0.25) is 31.1 Å². The van der Waals surface area contributed by atoms with Gasteiger partial charge in [0.2, 0.25) is 14.9 Å². The van der Waals surface area contributed by atoms with Crippen LogP contribution in [0.1, 0.15) is 0 Å². The predicted octanol–water partition coefficient (Wildman–Crippen LogP) is -0.835. The highest BCUT2D eigenvalue weighted by atomic mass is 31.2. The van der Waals surface area contributed by atoms with Crippen LogP contribution in [-0.2, 0) is 9.13 Å². The third-order valence-electron chi connectivity index (χ3n) is 0.442. The molecule has 0 bridgehead atoms. The molecule has 0 aromatic rings. The molecule has 0 atom stereocenters. The van der Waals surface area contributed by atoms with Crippen molar-refractivity contribution in [1.82, 2.24) is 0 Å². The Morgan fingerprint density at radius 3 is 1.11 bits per heavy atom. The second-order valence-corrected chi connectivity index (χ2v) is 6.40. The van der Waals surface area contributed by atoms with Crippen LogP contribution in [0.15, 0.2) is 0 Å². The molecule has 0 aliphatic rings. The van der Waals surface area contributed by atoms with Gasteiger partial charge in [0.15, 0.2) is 0 Å². The standard InChI is InChI=1S/CH10N4O2P2/c2-8(3,6)1-9(4,5)7/h1H2,(H4,2,3,6)(H4,4,5,7). The van der Waals surface area contributed by atoms with E-state index in [4.69, 9.17) is 22.0 Å². The van der Waals surface area contributed by atoms with Crippen molar-refractivity contribution in [3.63, 3.8) is 0 Å². The highest BCUT2D eigenvalue weighted by Crippen LogP contribution is 2.41. The lowest BCUT2D eigenvalue weighted by molar-refractivity contribution is 0.571. The molecule has 6 nitrogen and oxygen atoms in total. The summed E-state index contributed by atoms with van der Waals surface area (Å²) in [5, 5.41) is 0. The minimum Gasteiger partial charge on any atom is -0.289 e. The Balaban J connectivity index is 4.07. The van der Waals surface area contributed by atoms with Crippen LogP contribution in [-0.4, -0.2) is 5.90 Å². The van der Waals surface area contributed by atoms with Gasteiger partial charge in [-0.25, -0.2) is 0 Å². The van der Waals surface area contributed by atoms with Crippen LogP contribution < -0.4 is 22.0 Å². The third-order valence-corrected chi connectivity index (χ3v) is 3.98. The first-order valence-corrected chi connectivity index (χ1v) is 6.09. The van der Waals surface area contributed by atoms with Gasteiger partial charge < -0.3 is 0 Å². The molecule has 0 heterocycles. The number of nitrogens with two attached hydrogens (primary N) is 4. The fourth-order valence-corrected chi connectivity index (χ4v) is 3.11. The average Bonchev–Trinajstić information content (AvgIpc) is 1.14. The van der Waals surface area contributed by atoms with Crippen molar-refractivity contribution in [2.75, 3.05) is 5.90 Å². The molecule has 0 aliphatic heterocycles. The molecule has 9 heavy (non-hydrogen) atoms. The van der Waals surface area contributed by atoms with E-state index in [1.54, 1.807) is 0 Å². The summed E-state index contributed by atoms with van der Waals surface area (Å²) in [6.45, 7) is 0. The van der Waals surface area contributed by atoms with Crippen LogP contribution in [0, 0.1) is 0 Å². The number of hydrogen-bond donors (Lipinski definition) is 4. The lowest BCUT2D eigenvalue weighted by Gasteiger charge is -2.08. The Hall–Kier alpha value is 0.300. The summed E-state index contributed by atoms with van der Waals surface area (Å²) in [4.78, 5) is 0. The molecular weight excluding hydrogens is 162 g/mol. The molecule has 8 heteroatoms. The summed E-state index contributed by atoms with van der Waals surface area (Å²) >= 11 is 0. The second kappa shape index (κ2) is 2.50. The molecule has 0 aromatic carbocycles. The Kier molecular flexibility index (Phi) is 2.58. The van der Waals surface area contributed by atoms with Crippen LogP contribution in [0.25, 0.3) is 0 Å². The summed E-state index contributed by atoms with van der Waals surface area (Å²) in [6.07, 6.45) is 0. The van der Waals surface area contributed by atoms with E-state index in [1.165, 1.54) is 0 Å². The van der Waals surface area contributed by atoms with Crippen LogP contribution in [0.5, 0.6) is 0 Å². The van der Waals surface area contributed by atoms with Gasteiger partial charge in [0, 0.05) is 0 Å². The normalized spacial score (nSPS) is 13.8. The minimum absolute atomic E-state index is 0.486. The van der Waals surface area contributed by atoms with E-state index in [0.717, 1.165) is 0 Å². The molecule has 0 radical (unpaired) electrons. The van der Waals surface area contributed by atoms with E-state index in [0.29, 0.717) is 0 Å². The van der Waals surface area contributed by atoms with E-state index in [9.17, 15) is 9.13 Å². The first-order chi connectivity index (χ1) is 3.71. The fraction of sp³-hybridized carbons (Fsp3) is 1.00. The van der Waals surface area contributed by atoms with Gasteiger partial charge >= 0.3 is 0 Å². The molecule has 0 saturated heterocycles. The van der Waals surface area contributed by atoms with E-state index < -0.39 is 20.8 Å². The molecule has 0 spiro atoms. The zero-order chi connectivity index (χ0) is 7.71. The van der Waals surface area contributed by atoms with Crippen molar-refractivity contribution in [1.29, 1.82) is 0 Å². The van der Waals surface area contributed by atoms with E-state index in [-0.39, 0.29) is 0 Å². The molecule has 0 amide bonds. The Morgan fingerprint density at radius 2 is 1.11 bits per heavy atom. The molecule has 8 N–H and O–H groups in total. The van der Waals surface area contributed by atoms with Crippen molar-refractivity contribution in [2.24, 2.45) is 22.0 Å². The average molecular weight is 172 g/mol. The Bertz CT molecular complexity index is 157. The van der Waals surface area contributed by atoms with Crippen LogP contribution >= 0.6 is 14.9 Å². The molecule has 0 unspecified atom stereocenters. The fourth-order valence-electron chi connectivity index (χ4n) is 0.345. The van der Waals surface area contributed by atoms with E-state index >= 15 is 0 Å². The smallest absolute Gasteiger partial charge is 0.215 e. The second-order valence-electron chi connectivity index (χ2n) is 1.85. The van der Waals surface area contributed by atoms with E-state index in [2.05, 4.69) is 0 Å². The number of rotatable bonds is 2. The third kappa shape index (κ3) is 8.30.